The van der Waals surface area contributed by atoms with Crippen molar-refractivity contribution < 1.29 is 9.47 Å². The van der Waals surface area contributed by atoms with E-state index in [0.717, 1.165) is 11.3 Å². The van der Waals surface area contributed by atoms with E-state index in [2.05, 4.69) is 23.0 Å². The Labute approximate surface area is 140 Å². The van der Waals surface area contributed by atoms with E-state index in [1.165, 1.54) is 11.8 Å². The minimum atomic E-state index is -0.169. The number of hydrogen-bond acceptors (Lipinski definition) is 5. The molecule has 0 saturated carbocycles. The van der Waals surface area contributed by atoms with E-state index in [4.69, 9.17) is 9.47 Å². The summed E-state index contributed by atoms with van der Waals surface area (Å²) in [6.45, 7) is 6.54. The first-order valence-electron chi connectivity index (χ1n) is 7.23. The van der Waals surface area contributed by atoms with Crippen molar-refractivity contribution in [1.82, 2.24) is 5.32 Å². The van der Waals surface area contributed by atoms with Crippen LogP contribution in [0.3, 0.4) is 0 Å². The number of aliphatic imine (C=N–C) groups is 1. The summed E-state index contributed by atoms with van der Waals surface area (Å²) in [5.74, 6) is 1.25. The van der Waals surface area contributed by atoms with Gasteiger partial charge >= 0.3 is 0 Å². The van der Waals surface area contributed by atoms with Crippen LogP contribution in [-0.4, -0.2) is 25.4 Å². The van der Waals surface area contributed by atoms with Crippen LogP contribution < -0.4 is 10.1 Å². The summed E-state index contributed by atoms with van der Waals surface area (Å²) in [4.78, 5) is 4.41. The number of ether oxygens (including phenoxy) is 2. The molecule has 0 aromatic heterocycles. The molecule has 0 aliphatic carbocycles. The van der Waals surface area contributed by atoms with E-state index in [-0.39, 0.29) is 5.25 Å². The van der Waals surface area contributed by atoms with E-state index >= 15 is 0 Å². The van der Waals surface area contributed by atoms with Gasteiger partial charge in [-0.1, -0.05) is 30.0 Å². The molecule has 0 spiro atoms. The SMILES string of the molecule is C=CCN=C1NC(OCC)=C(C#N)C(c2ccc(OC)cc2)S1. The molecule has 1 aromatic carbocycles. The number of methoxy groups -OCH3 is 1. The number of nitrogens with one attached hydrogen (secondary N) is 1. The number of thioether (sulfide) groups is 1. The Balaban J connectivity index is 2.41. The minimum Gasteiger partial charge on any atom is -0.497 e. The second-order valence-corrected chi connectivity index (χ2v) is 5.71. The Morgan fingerprint density at radius 2 is 2.17 bits per heavy atom. The molecule has 1 heterocycles. The molecule has 1 aliphatic heterocycles. The predicted octanol–water partition coefficient (Wildman–Crippen LogP) is 3.39. The van der Waals surface area contributed by atoms with E-state index in [1.54, 1.807) is 13.2 Å². The Bertz CT molecular complexity index is 659. The molecule has 5 nitrogen and oxygen atoms in total. The standard InChI is InChI=1S/C17H19N3O2S/c1-4-10-19-17-20-16(22-5-2)14(11-18)15(23-17)12-6-8-13(21-3)9-7-12/h4,6-9,15H,1,5,10H2,2-3H3,(H,19,20). The van der Waals surface area contributed by atoms with Gasteiger partial charge in [-0.15, -0.1) is 6.58 Å². The van der Waals surface area contributed by atoms with Crippen molar-refractivity contribution in [2.75, 3.05) is 20.3 Å². The fourth-order valence-electron chi connectivity index (χ4n) is 2.09. The van der Waals surface area contributed by atoms with Crippen LogP contribution in [0.4, 0.5) is 0 Å². The maximum absolute atomic E-state index is 9.56. The highest BCUT2D eigenvalue weighted by Gasteiger charge is 2.30. The largest absolute Gasteiger partial charge is 0.497 e. The molecule has 1 aromatic rings. The summed E-state index contributed by atoms with van der Waals surface area (Å²) < 4.78 is 10.8. The normalized spacial score (nSPS) is 19.0. The molecule has 2 rings (SSSR count). The third-order valence-electron chi connectivity index (χ3n) is 3.15. The molecule has 6 heteroatoms. The fourth-order valence-corrected chi connectivity index (χ4v) is 3.18. The lowest BCUT2D eigenvalue weighted by molar-refractivity contribution is 0.213. The average Bonchev–Trinajstić information content (AvgIpc) is 2.60. The quantitative estimate of drug-likeness (QED) is 0.810. The van der Waals surface area contributed by atoms with Crippen LogP contribution in [0.1, 0.15) is 17.7 Å². The first-order chi connectivity index (χ1) is 11.2. The Hall–Kier alpha value is -2.39. The van der Waals surface area contributed by atoms with Gasteiger partial charge in [-0.05, 0) is 24.6 Å². The van der Waals surface area contributed by atoms with Crippen LogP contribution in [0.2, 0.25) is 0 Å². The molecule has 0 fully saturated rings. The van der Waals surface area contributed by atoms with Gasteiger partial charge in [0.05, 0.1) is 25.5 Å². The molecule has 0 radical (unpaired) electrons. The zero-order chi connectivity index (χ0) is 16.7. The highest BCUT2D eigenvalue weighted by molar-refractivity contribution is 8.14. The number of rotatable bonds is 6. The number of benzene rings is 1. The Kier molecular flexibility index (Phi) is 6.12. The molecule has 23 heavy (non-hydrogen) atoms. The zero-order valence-corrected chi connectivity index (χ0v) is 14.0. The first-order valence-corrected chi connectivity index (χ1v) is 8.11. The van der Waals surface area contributed by atoms with Gasteiger partial charge < -0.3 is 14.8 Å². The average molecular weight is 329 g/mol. The highest BCUT2D eigenvalue weighted by Crippen LogP contribution is 2.40. The van der Waals surface area contributed by atoms with E-state index < -0.39 is 0 Å². The van der Waals surface area contributed by atoms with Crippen LogP contribution in [0.5, 0.6) is 5.75 Å². The predicted molar refractivity (Wildman–Crippen MR) is 93.2 cm³/mol. The molecule has 120 valence electrons. The van der Waals surface area contributed by atoms with Crippen molar-refractivity contribution in [3.63, 3.8) is 0 Å². The van der Waals surface area contributed by atoms with Crippen LogP contribution in [0, 0.1) is 11.3 Å². The second-order valence-electron chi connectivity index (χ2n) is 4.62. The molecule has 0 saturated heterocycles. The number of nitrogens with zero attached hydrogens (tertiary/aromatic N) is 2. The molecule has 1 atom stereocenters. The highest BCUT2D eigenvalue weighted by atomic mass is 32.2. The summed E-state index contributed by atoms with van der Waals surface area (Å²) in [6.07, 6.45) is 1.72. The number of hydrogen-bond donors (Lipinski definition) is 1. The van der Waals surface area contributed by atoms with Crippen LogP contribution >= 0.6 is 11.8 Å². The lowest BCUT2D eigenvalue weighted by Crippen LogP contribution is -2.30. The molecule has 1 aliphatic rings. The van der Waals surface area contributed by atoms with E-state index in [9.17, 15) is 5.26 Å². The summed E-state index contributed by atoms with van der Waals surface area (Å²) in [7, 11) is 1.63. The van der Waals surface area contributed by atoms with Gasteiger partial charge in [-0.3, -0.25) is 4.99 Å². The van der Waals surface area contributed by atoms with Crippen molar-refractivity contribution in [2.24, 2.45) is 4.99 Å². The third-order valence-corrected chi connectivity index (χ3v) is 4.35. The van der Waals surface area contributed by atoms with Crippen LogP contribution in [0.15, 0.2) is 53.4 Å². The lowest BCUT2D eigenvalue weighted by Gasteiger charge is -2.26. The summed E-state index contributed by atoms with van der Waals surface area (Å²) in [5.41, 5.74) is 1.55. The summed E-state index contributed by atoms with van der Waals surface area (Å²) in [6, 6.07) is 9.93. The molecule has 0 amide bonds. The number of amidine groups is 1. The Morgan fingerprint density at radius 1 is 1.43 bits per heavy atom. The summed E-state index contributed by atoms with van der Waals surface area (Å²) >= 11 is 1.49. The van der Waals surface area contributed by atoms with Crippen molar-refractivity contribution in [3.8, 4) is 11.8 Å². The molecule has 1 unspecified atom stereocenters. The van der Waals surface area contributed by atoms with Crippen molar-refractivity contribution in [2.45, 2.75) is 12.2 Å². The topological polar surface area (TPSA) is 66.6 Å². The van der Waals surface area contributed by atoms with Crippen LogP contribution in [-0.2, 0) is 4.74 Å². The maximum Gasteiger partial charge on any atom is 0.208 e. The van der Waals surface area contributed by atoms with Gasteiger partial charge in [-0.25, -0.2) is 0 Å². The van der Waals surface area contributed by atoms with E-state index in [1.807, 2.05) is 31.2 Å². The van der Waals surface area contributed by atoms with E-state index in [0.29, 0.717) is 29.8 Å². The van der Waals surface area contributed by atoms with Gasteiger partial charge in [0, 0.05) is 0 Å². The molecule has 0 bridgehead atoms. The smallest absolute Gasteiger partial charge is 0.208 e. The Morgan fingerprint density at radius 3 is 2.74 bits per heavy atom. The van der Waals surface area contributed by atoms with Gasteiger partial charge in [0.15, 0.2) is 5.17 Å². The van der Waals surface area contributed by atoms with Crippen molar-refractivity contribution in [1.29, 1.82) is 5.26 Å². The van der Waals surface area contributed by atoms with Gasteiger partial charge in [0.1, 0.15) is 17.4 Å². The number of nitriles is 1. The first kappa shape index (κ1) is 17.0. The van der Waals surface area contributed by atoms with Crippen LogP contribution in [0.25, 0.3) is 0 Å². The van der Waals surface area contributed by atoms with Crippen molar-refractivity contribution >= 4 is 16.9 Å². The van der Waals surface area contributed by atoms with Gasteiger partial charge in [0.2, 0.25) is 5.88 Å². The second kappa shape index (κ2) is 8.30. The molecular weight excluding hydrogens is 310 g/mol. The van der Waals surface area contributed by atoms with Crippen molar-refractivity contribution in [3.05, 3.63) is 53.9 Å². The fraction of sp³-hybridized carbons (Fsp3) is 0.294. The molecular formula is C17H19N3O2S. The lowest BCUT2D eigenvalue weighted by atomic mass is 10.1. The maximum atomic E-state index is 9.56. The zero-order valence-electron chi connectivity index (χ0n) is 13.2. The third kappa shape index (κ3) is 4.08. The summed E-state index contributed by atoms with van der Waals surface area (Å²) in [5, 5.41) is 13.2. The van der Waals surface area contributed by atoms with Gasteiger partial charge in [0.25, 0.3) is 0 Å². The minimum absolute atomic E-state index is 0.169. The van der Waals surface area contributed by atoms with Gasteiger partial charge in [-0.2, -0.15) is 5.26 Å². The molecule has 1 N–H and O–H groups in total. The monoisotopic (exact) mass is 329 g/mol.